The number of nitrogens with two attached hydrogens (primary N) is 1. The summed E-state index contributed by atoms with van der Waals surface area (Å²) in [7, 11) is 0. The molecule has 8 nitrogen and oxygen atoms in total. The first-order valence-corrected chi connectivity index (χ1v) is 10.5. The first kappa shape index (κ1) is 23.1. The molecule has 0 saturated heterocycles. The predicted molar refractivity (Wildman–Crippen MR) is 126 cm³/mol. The van der Waals surface area contributed by atoms with Crippen molar-refractivity contribution in [3.8, 4) is 0 Å². The van der Waals surface area contributed by atoms with Crippen molar-refractivity contribution in [2.75, 3.05) is 16.4 Å². The van der Waals surface area contributed by atoms with E-state index in [2.05, 4.69) is 20.6 Å². The lowest BCUT2D eigenvalue weighted by molar-refractivity contribution is 0.104. The number of halogens is 3. The van der Waals surface area contributed by atoms with Gasteiger partial charge in [-0.1, -0.05) is 17.7 Å². The van der Waals surface area contributed by atoms with E-state index in [1.165, 1.54) is 24.5 Å². The summed E-state index contributed by atoms with van der Waals surface area (Å²) in [4.78, 5) is 34.1. The molecule has 0 fully saturated rings. The van der Waals surface area contributed by atoms with E-state index in [9.17, 15) is 18.4 Å². The molecule has 0 aliphatic carbocycles. The molecule has 2 aromatic carbocycles. The molecule has 2 aromatic heterocycles. The number of anilines is 3. The number of urea groups is 1. The second-order valence-corrected chi connectivity index (χ2v) is 8.08. The quantitative estimate of drug-likeness (QED) is 0.328. The van der Waals surface area contributed by atoms with Crippen molar-refractivity contribution in [1.82, 2.24) is 14.5 Å². The third kappa shape index (κ3) is 4.27. The third-order valence-corrected chi connectivity index (χ3v) is 5.51. The van der Waals surface area contributed by atoms with Gasteiger partial charge in [-0.2, -0.15) is 0 Å². The normalized spacial score (nSPS) is 11.1. The molecule has 11 heteroatoms. The van der Waals surface area contributed by atoms with Crippen LogP contribution in [0.1, 0.15) is 35.8 Å². The average molecular weight is 485 g/mol. The summed E-state index contributed by atoms with van der Waals surface area (Å²) in [5.74, 6) is -1.83. The molecule has 2 heterocycles. The highest BCUT2D eigenvalue weighted by Crippen LogP contribution is 2.33. The van der Waals surface area contributed by atoms with Crippen LogP contribution >= 0.6 is 11.6 Å². The number of carbonyl (C=O) groups excluding carboxylic acids is 2. The first-order valence-electron chi connectivity index (χ1n) is 10.1. The lowest BCUT2D eigenvalue weighted by atomic mass is 10.0. The summed E-state index contributed by atoms with van der Waals surface area (Å²) in [5.41, 5.74) is 6.65. The average Bonchev–Trinajstić information content (AvgIpc) is 3.19. The number of hydrogen-bond acceptors (Lipinski definition) is 5. The molecule has 0 aliphatic heterocycles. The fraction of sp³-hybridized carbons (Fsp3) is 0.130. The van der Waals surface area contributed by atoms with Crippen LogP contribution in [0.25, 0.3) is 11.0 Å². The van der Waals surface area contributed by atoms with E-state index in [1.807, 2.05) is 13.8 Å². The maximum Gasteiger partial charge on any atom is 0.323 e. The van der Waals surface area contributed by atoms with E-state index in [4.69, 9.17) is 17.3 Å². The number of fused-ring (bicyclic) bond motifs is 1. The summed E-state index contributed by atoms with van der Waals surface area (Å²) < 4.78 is 29.0. The third-order valence-electron chi connectivity index (χ3n) is 5.11. The van der Waals surface area contributed by atoms with Gasteiger partial charge in [-0.3, -0.25) is 4.79 Å². The zero-order chi connectivity index (χ0) is 24.6. The van der Waals surface area contributed by atoms with Crippen molar-refractivity contribution in [2.24, 2.45) is 0 Å². The maximum atomic E-state index is 13.8. The van der Waals surface area contributed by atoms with E-state index < -0.39 is 23.4 Å². The van der Waals surface area contributed by atoms with Crippen LogP contribution in [0, 0.1) is 11.6 Å². The van der Waals surface area contributed by atoms with E-state index in [0.29, 0.717) is 11.0 Å². The van der Waals surface area contributed by atoms with Crippen molar-refractivity contribution >= 4 is 51.6 Å². The number of nitrogens with one attached hydrogen (secondary N) is 2. The van der Waals surface area contributed by atoms with Crippen LogP contribution in [0.4, 0.5) is 30.8 Å². The molecule has 0 atom stereocenters. The summed E-state index contributed by atoms with van der Waals surface area (Å²) in [6.07, 6.45) is 2.96. The van der Waals surface area contributed by atoms with Gasteiger partial charge in [0.05, 0.1) is 27.3 Å². The maximum absolute atomic E-state index is 13.8. The summed E-state index contributed by atoms with van der Waals surface area (Å²) in [5, 5.41) is 5.02. The van der Waals surface area contributed by atoms with E-state index >= 15 is 0 Å². The van der Waals surface area contributed by atoms with Gasteiger partial charge >= 0.3 is 6.03 Å². The fourth-order valence-corrected chi connectivity index (χ4v) is 3.75. The van der Waals surface area contributed by atoms with Gasteiger partial charge in [0.15, 0.2) is 5.78 Å². The molecular weight excluding hydrogens is 466 g/mol. The van der Waals surface area contributed by atoms with E-state index in [-0.39, 0.29) is 39.4 Å². The number of hydrogen-bond donors (Lipinski definition) is 3. The van der Waals surface area contributed by atoms with Gasteiger partial charge in [0.1, 0.15) is 29.4 Å². The van der Waals surface area contributed by atoms with Crippen molar-refractivity contribution in [3.05, 3.63) is 76.7 Å². The van der Waals surface area contributed by atoms with Crippen LogP contribution in [-0.2, 0) is 0 Å². The second kappa shape index (κ2) is 9.06. The summed E-state index contributed by atoms with van der Waals surface area (Å²) >= 11 is 6.45. The lowest BCUT2D eigenvalue weighted by Crippen LogP contribution is -2.21. The van der Waals surface area contributed by atoms with Gasteiger partial charge in [-0.25, -0.2) is 23.5 Å². The molecule has 34 heavy (non-hydrogen) atoms. The highest BCUT2D eigenvalue weighted by molar-refractivity contribution is 6.38. The van der Waals surface area contributed by atoms with Gasteiger partial charge in [0, 0.05) is 23.9 Å². The zero-order valence-corrected chi connectivity index (χ0v) is 18.8. The molecule has 4 N–H and O–H groups in total. The molecule has 0 radical (unpaired) electrons. The first-order chi connectivity index (χ1) is 16.2. The number of amides is 2. The number of aromatic nitrogens is 3. The lowest BCUT2D eigenvalue weighted by Gasteiger charge is -2.12. The Bertz CT molecular complexity index is 1440. The Labute approximate surface area is 197 Å². The van der Waals surface area contributed by atoms with Crippen molar-refractivity contribution in [2.45, 2.75) is 19.9 Å². The molecule has 0 bridgehead atoms. The molecule has 0 spiro atoms. The van der Waals surface area contributed by atoms with Crippen LogP contribution in [-0.4, -0.2) is 26.3 Å². The number of rotatable bonds is 5. The predicted octanol–water partition coefficient (Wildman–Crippen LogP) is 5.40. The number of benzene rings is 2. The van der Waals surface area contributed by atoms with Crippen LogP contribution < -0.4 is 16.4 Å². The molecule has 174 valence electrons. The van der Waals surface area contributed by atoms with Crippen LogP contribution in [0.2, 0.25) is 5.02 Å². The molecule has 4 aromatic rings. The Morgan fingerprint density at radius 2 is 1.79 bits per heavy atom. The van der Waals surface area contributed by atoms with Crippen LogP contribution in [0.15, 0.2) is 48.9 Å². The van der Waals surface area contributed by atoms with Gasteiger partial charge in [-0.15, -0.1) is 0 Å². The highest BCUT2D eigenvalue weighted by atomic mass is 35.5. The molecule has 2 amide bonds. The van der Waals surface area contributed by atoms with Gasteiger partial charge in [-0.05, 0) is 38.1 Å². The summed E-state index contributed by atoms with van der Waals surface area (Å²) in [6, 6.07) is 6.28. The van der Waals surface area contributed by atoms with Crippen molar-refractivity contribution < 1.29 is 18.4 Å². The Balaban J connectivity index is 1.67. The molecule has 0 saturated carbocycles. The minimum Gasteiger partial charge on any atom is -0.383 e. The minimum absolute atomic E-state index is 0.00580. The number of nitrogens with zero attached hydrogens (tertiary/aromatic N) is 3. The van der Waals surface area contributed by atoms with Crippen molar-refractivity contribution in [3.63, 3.8) is 0 Å². The molecule has 0 unspecified atom stereocenters. The Hall–Kier alpha value is -4.05. The number of nitrogen functional groups attached to an aromatic ring is 1. The molecule has 0 aliphatic rings. The minimum atomic E-state index is -0.870. The second-order valence-electron chi connectivity index (χ2n) is 7.70. The highest BCUT2D eigenvalue weighted by Gasteiger charge is 2.24. The zero-order valence-electron chi connectivity index (χ0n) is 18.1. The molecular formula is C23H19ClF2N6O2. The number of ketones is 1. The Kier molecular flexibility index (Phi) is 6.16. The largest absolute Gasteiger partial charge is 0.383 e. The Morgan fingerprint density at radius 1 is 1.06 bits per heavy atom. The topological polar surface area (TPSA) is 115 Å². The summed E-state index contributed by atoms with van der Waals surface area (Å²) in [6.45, 7) is 3.87. The van der Waals surface area contributed by atoms with E-state index in [0.717, 1.165) is 18.2 Å². The smallest absolute Gasteiger partial charge is 0.323 e. The monoisotopic (exact) mass is 484 g/mol. The fourth-order valence-electron chi connectivity index (χ4n) is 3.49. The van der Waals surface area contributed by atoms with Crippen LogP contribution in [0.5, 0.6) is 0 Å². The standard InChI is InChI=1S/C23H19ClF2N6O2/c1-11(2)32-9-14(18-21(27)28-10-29-22(18)32)20(33)13-4-3-5-16(19(13)24)30-23(34)31-17-8-12(25)6-7-15(17)26/h3-11H,1-2H3,(H2,27,28,29)(H2,30,31,34). The van der Waals surface area contributed by atoms with Gasteiger partial charge < -0.3 is 20.9 Å². The molecule has 4 rings (SSSR count). The van der Waals surface area contributed by atoms with Crippen molar-refractivity contribution in [1.29, 1.82) is 0 Å². The van der Waals surface area contributed by atoms with Crippen LogP contribution in [0.3, 0.4) is 0 Å². The SMILES string of the molecule is CC(C)n1cc(C(=O)c2cccc(NC(=O)Nc3cc(F)ccc3F)c2Cl)c2c(N)ncnc21. The number of carbonyl (C=O) groups is 2. The van der Waals surface area contributed by atoms with E-state index in [1.54, 1.807) is 10.8 Å². The van der Waals surface area contributed by atoms with Gasteiger partial charge in [0.25, 0.3) is 0 Å². The van der Waals surface area contributed by atoms with Gasteiger partial charge in [0.2, 0.25) is 0 Å². The Morgan fingerprint density at radius 3 is 2.53 bits per heavy atom.